The zero-order valence-corrected chi connectivity index (χ0v) is 17.4. The maximum atomic E-state index is 12.7. The molecule has 4 rings (SSSR count). The van der Waals surface area contributed by atoms with E-state index in [0.717, 1.165) is 10.4 Å². The summed E-state index contributed by atoms with van der Waals surface area (Å²) in [6.07, 6.45) is 0.381. The predicted molar refractivity (Wildman–Crippen MR) is 109 cm³/mol. The van der Waals surface area contributed by atoms with Crippen LogP contribution in [0.1, 0.15) is 44.0 Å². The first-order valence-corrected chi connectivity index (χ1v) is 10.4. The SMILES string of the molecule is COc1ccc(C(=O)C(=O)NCc2scc3c2CN(C2CCC(=O)N=C2[O-])C3=O)cc1. The van der Waals surface area contributed by atoms with E-state index in [4.69, 9.17) is 4.74 Å². The van der Waals surface area contributed by atoms with E-state index in [1.165, 1.54) is 35.5 Å². The maximum Gasteiger partial charge on any atom is 0.292 e. The third kappa shape index (κ3) is 3.93. The minimum Gasteiger partial charge on any atom is -0.860 e. The highest BCUT2D eigenvalue weighted by molar-refractivity contribution is 7.10. The molecule has 1 N–H and O–H groups in total. The van der Waals surface area contributed by atoms with Gasteiger partial charge in [-0.3, -0.25) is 19.2 Å². The van der Waals surface area contributed by atoms with E-state index in [2.05, 4.69) is 10.3 Å². The van der Waals surface area contributed by atoms with Gasteiger partial charge in [0.2, 0.25) is 11.7 Å². The van der Waals surface area contributed by atoms with Gasteiger partial charge in [0.25, 0.3) is 11.8 Å². The highest BCUT2D eigenvalue weighted by atomic mass is 32.1. The molecule has 9 nitrogen and oxygen atoms in total. The van der Waals surface area contributed by atoms with Crippen LogP contribution in [-0.2, 0) is 22.7 Å². The number of methoxy groups -OCH3 is 1. The first kappa shape index (κ1) is 20.7. The van der Waals surface area contributed by atoms with E-state index in [0.29, 0.717) is 11.3 Å². The van der Waals surface area contributed by atoms with Crippen LogP contribution in [0.4, 0.5) is 0 Å². The molecule has 0 radical (unpaired) electrons. The number of nitrogens with zero attached hydrogens (tertiary/aromatic N) is 2. The number of ketones is 1. The van der Waals surface area contributed by atoms with Crippen LogP contribution in [0.15, 0.2) is 34.6 Å². The van der Waals surface area contributed by atoms with Gasteiger partial charge in [-0.25, -0.2) is 4.99 Å². The fraction of sp³-hybridized carbons (Fsp3) is 0.286. The van der Waals surface area contributed by atoms with Crippen LogP contribution in [0.5, 0.6) is 5.75 Å². The van der Waals surface area contributed by atoms with Gasteiger partial charge in [-0.05, 0) is 42.1 Å². The molecule has 0 saturated heterocycles. The Labute approximate surface area is 181 Å². The largest absolute Gasteiger partial charge is 0.860 e. The van der Waals surface area contributed by atoms with E-state index < -0.39 is 29.5 Å². The number of amides is 3. The van der Waals surface area contributed by atoms with Gasteiger partial charge in [-0.15, -0.1) is 11.3 Å². The molecule has 0 bridgehead atoms. The summed E-state index contributed by atoms with van der Waals surface area (Å²) < 4.78 is 5.04. The molecule has 160 valence electrons. The number of ether oxygens (including phenoxy) is 1. The third-order valence-electron chi connectivity index (χ3n) is 5.30. The number of aliphatic imine (C=N–C) groups is 1. The fourth-order valence-electron chi connectivity index (χ4n) is 3.61. The van der Waals surface area contributed by atoms with Crippen LogP contribution in [0.25, 0.3) is 0 Å². The van der Waals surface area contributed by atoms with Crippen LogP contribution >= 0.6 is 11.3 Å². The number of carbonyl (C=O) groups is 4. The first-order valence-electron chi connectivity index (χ1n) is 9.54. The minimum absolute atomic E-state index is 0.0866. The van der Waals surface area contributed by atoms with E-state index in [-0.39, 0.29) is 37.4 Å². The topological polar surface area (TPSA) is 128 Å². The average Bonchev–Trinajstić information content (AvgIpc) is 3.31. The quantitative estimate of drug-likeness (QED) is 0.519. The number of carbonyl (C=O) groups excluding carboxylic acids is 4. The molecule has 0 spiro atoms. The van der Waals surface area contributed by atoms with Crippen LogP contribution in [0, 0.1) is 0 Å². The molecule has 0 fully saturated rings. The van der Waals surface area contributed by atoms with Crippen molar-refractivity contribution in [3.8, 4) is 5.75 Å². The summed E-state index contributed by atoms with van der Waals surface area (Å²) in [4.78, 5) is 54.3. The van der Waals surface area contributed by atoms with Crippen molar-refractivity contribution in [2.24, 2.45) is 4.99 Å². The first-order chi connectivity index (χ1) is 14.9. The van der Waals surface area contributed by atoms with Gasteiger partial charge in [-0.1, -0.05) is 0 Å². The van der Waals surface area contributed by atoms with Gasteiger partial charge in [0.15, 0.2) is 0 Å². The summed E-state index contributed by atoms with van der Waals surface area (Å²) >= 11 is 1.31. The number of hydrogen-bond acceptors (Lipinski definition) is 7. The Hall–Kier alpha value is -3.53. The van der Waals surface area contributed by atoms with Gasteiger partial charge in [0, 0.05) is 28.8 Å². The Balaban J connectivity index is 1.42. The minimum atomic E-state index is -0.756. The summed E-state index contributed by atoms with van der Waals surface area (Å²) in [6.45, 7) is 0.290. The Morgan fingerprint density at radius 1 is 1.29 bits per heavy atom. The monoisotopic (exact) mass is 440 g/mol. The number of hydrogen-bond donors (Lipinski definition) is 1. The summed E-state index contributed by atoms with van der Waals surface area (Å²) in [5.41, 5.74) is 1.43. The molecule has 31 heavy (non-hydrogen) atoms. The molecule has 1 unspecified atom stereocenters. The fourth-order valence-corrected chi connectivity index (χ4v) is 4.59. The van der Waals surface area contributed by atoms with Gasteiger partial charge < -0.3 is 20.1 Å². The molecule has 1 atom stereocenters. The lowest BCUT2D eigenvalue weighted by Gasteiger charge is -2.33. The van der Waals surface area contributed by atoms with Crippen LogP contribution in [0.3, 0.4) is 0 Å². The number of rotatable bonds is 6. The van der Waals surface area contributed by atoms with E-state index >= 15 is 0 Å². The molecule has 2 aromatic rings. The number of nitrogens with one attached hydrogen (secondary N) is 1. The molecule has 3 amide bonds. The van der Waals surface area contributed by atoms with Gasteiger partial charge in [0.05, 0.1) is 25.3 Å². The molecule has 2 aliphatic heterocycles. The van der Waals surface area contributed by atoms with Gasteiger partial charge in [-0.2, -0.15) is 0 Å². The van der Waals surface area contributed by atoms with E-state index in [1.54, 1.807) is 17.5 Å². The van der Waals surface area contributed by atoms with Crippen molar-refractivity contribution < 1.29 is 29.0 Å². The second kappa shape index (κ2) is 8.31. The zero-order chi connectivity index (χ0) is 22.1. The van der Waals surface area contributed by atoms with Crippen molar-refractivity contribution >= 4 is 40.7 Å². The number of thiophene rings is 1. The maximum absolute atomic E-state index is 12.7. The normalized spacial score (nSPS) is 17.9. The average molecular weight is 440 g/mol. The molecule has 0 aliphatic carbocycles. The Morgan fingerprint density at radius 2 is 2.03 bits per heavy atom. The highest BCUT2D eigenvalue weighted by Crippen LogP contribution is 2.33. The van der Waals surface area contributed by atoms with Crippen molar-refractivity contribution in [3.05, 3.63) is 51.2 Å². The van der Waals surface area contributed by atoms with Crippen molar-refractivity contribution in [2.45, 2.75) is 32.0 Å². The van der Waals surface area contributed by atoms with Crippen LogP contribution in [-0.4, -0.2) is 47.5 Å². The second-order valence-corrected chi connectivity index (χ2v) is 8.09. The molecular weight excluding hydrogens is 422 g/mol. The van der Waals surface area contributed by atoms with Crippen molar-refractivity contribution in [2.75, 3.05) is 7.11 Å². The van der Waals surface area contributed by atoms with Gasteiger partial charge >= 0.3 is 0 Å². The Bertz CT molecular complexity index is 1100. The summed E-state index contributed by atoms with van der Waals surface area (Å²) in [5.74, 6) is -2.21. The lowest BCUT2D eigenvalue weighted by atomic mass is 10.1. The summed E-state index contributed by atoms with van der Waals surface area (Å²) in [5, 5.41) is 16.4. The number of benzene rings is 1. The molecule has 10 heteroatoms. The Morgan fingerprint density at radius 3 is 2.71 bits per heavy atom. The number of Topliss-reactive ketones (excluding diaryl/α,β-unsaturated/α-hetero) is 1. The van der Waals surface area contributed by atoms with E-state index in [9.17, 15) is 24.3 Å². The molecule has 3 heterocycles. The van der Waals surface area contributed by atoms with Crippen molar-refractivity contribution in [3.63, 3.8) is 0 Å². The smallest absolute Gasteiger partial charge is 0.292 e. The molecular formula is C21H18N3O6S-. The zero-order valence-electron chi connectivity index (χ0n) is 16.5. The molecule has 0 saturated carbocycles. The van der Waals surface area contributed by atoms with Gasteiger partial charge in [0.1, 0.15) is 5.75 Å². The second-order valence-electron chi connectivity index (χ2n) is 7.12. The standard InChI is InChI=1S/C21H19N3O6S/c1-30-12-4-2-11(3-5-12)18(26)20(28)22-8-16-13-9-24(21(29)14(13)10-31-16)15-6-7-17(25)23-19(15)27/h2-5,10,15H,6-9H2,1H3,(H,22,28)(H,23,25,27)/p-1. The lowest BCUT2D eigenvalue weighted by molar-refractivity contribution is -0.225. The summed E-state index contributed by atoms with van der Waals surface area (Å²) in [7, 11) is 1.51. The van der Waals surface area contributed by atoms with Crippen molar-refractivity contribution in [1.82, 2.24) is 10.2 Å². The molecule has 1 aromatic carbocycles. The van der Waals surface area contributed by atoms with E-state index in [1.807, 2.05) is 0 Å². The predicted octanol–water partition coefficient (Wildman–Crippen LogP) is 0.659. The van der Waals surface area contributed by atoms with Crippen LogP contribution in [0.2, 0.25) is 0 Å². The van der Waals surface area contributed by atoms with Crippen molar-refractivity contribution in [1.29, 1.82) is 0 Å². The summed E-state index contributed by atoms with van der Waals surface area (Å²) in [6, 6.07) is 5.47. The Kier molecular flexibility index (Phi) is 5.55. The lowest BCUT2D eigenvalue weighted by Crippen LogP contribution is -2.49. The van der Waals surface area contributed by atoms with Crippen LogP contribution < -0.4 is 15.2 Å². The molecule has 1 aromatic heterocycles. The number of fused-ring (bicyclic) bond motifs is 1. The highest BCUT2D eigenvalue weighted by Gasteiger charge is 2.36. The third-order valence-corrected chi connectivity index (χ3v) is 6.33. The molecule has 2 aliphatic rings.